The molecule has 1 aromatic carbocycles. The molecule has 4 nitrogen and oxygen atoms in total. The van der Waals surface area contributed by atoms with Gasteiger partial charge in [0, 0.05) is 35.7 Å². The van der Waals surface area contributed by atoms with E-state index in [1.54, 1.807) is 24.1 Å². The van der Waals surface area contributed by atoms with Crippen LogP contribution in [0.3, 0.4) is 0 Å². The molecular formula is C11H12Cl2N2O2. The molecule has 1 aliphatic heterocycles. The second kappa shape index (κ2) is 4.05. The summed E-state index contributed by atoms with van der Waals surface area (Å²) in [5.74, 6) is -1.03. The number of rotatable bonds is 1. The highest BCUT2D eigenvalue weighted by Gasteiger charge is 2.40. The number of fused-ring (bicyclic) bond motifs is 1. The topological polar surface area (TPSA) is 66.6 Å². The van der Waals surface area contributed by atoms with Crippen molar-refractivity contribution in [3.63, 3.8) is 0 Å². The zero-order chi connectivity index (χ0) is 12.8. The number of aliphatic carboxylic acids is 1. The van der Waals surface area contributed by atoms with Crippen LogP contribution in [0.2, 0.25) is 10.0 Å². The normalized spacial score (nSPS) is 23.4. The quantitative estimate of drug-likeness (QED) is 0.819. The molecule has 1 atom stereocenters. The summed E-state index contributed by atoms with van der Waals surface area (Å²) in [5, 5.41) is 10.1. The highest BCUT2D eigenvalue weighted by atomic mass is 35.5. The molecule has 0 saturated carbocycles. The first-order valence-corrected chi connectivity index (χ1v) is 5.80. The highest BCUT2D eigenvalue weighted by Crippen LogP contribution is 2.37. The van der Waals surface area contributed by atoms with Crippen molar-refractivity contribution in [2.75, 3.05) is 18.5 Å². The van der Waals surface area contributed by atoms with Crippen LogP contribution in [0.4, 0.5) is 5.69 Å². The van der Waals surface area contributed by atoms with Gasteiger partial charge in [-0.15, -0.1) is 0 Å². The molecular weight excluding hydrogens is 263 g/mol. The van der Waals surface area contributed by atoms with Gasteiger partial charge in [-0.1, -0.05) is 23.2 Å². The number of hydrogen-bond acceptors (Lipinski definition) is 3. The van der Waals surface area contributed by atoms with Crippen LogP contribution in [-0.4, -0.2) is 30.2 Å². The zero-order valence-corrected chi connectivity index (χ0v) is 10.7. The first-order valence-electron chi connectivity index (χ1n) is 5.05. The van der Waals surface area contributed by atoms with E-state index < -0.39 is 11.5 Å². The summed E-state index contributed by atoms with van der Waals surface area (Å²) < 4.78 is 0. The molecule has 1 aromatic rings. The maximum absolute atomic E-state index is 11.2. The van der Waals surface area contributed by atoms with Gasteiger partial charge in [0.05, 0.1) is 0 Å². The SMILES string of the molecule is CN1CC(N)(C(=O)O)Cc2c(Cl)cc(Cl)cc21. The van der Waals surface area contributed by atoms with Crippen molar-refractivity contribution in [1.82, 2.24) is 0 Å². The molecule has 0 fully saturated rings. The second-order valence-corrected chi connectivity index (χ2v) is 5.22. The van der Waals surface area contributed by atoms with E-state index in [2.05, 4.69) is 0 Å². The summed E-state index contributed by atoms with van der Waals surface area (Å²) in [6.45, 7) is 0.228. The van der Waals surface area contributed by atoms with Crippen molar-refractivity contribution >= 4 is 34.9 Å². The van der Waals surface area contributed by atoms with Gasteiger partial charge in [-0.25, -0.2) is 0 Å². The van der Waals surface area contributed by atoms with Crippen molar-refractivity contribution < 1.29 is 9.90 Å². The fourth-order valence-electron chi connectivity index (χ4n) is 2.13. The van der Waals surface area contributed by atoms with Crippen LogP contribution in [0, 0.1) is 0 Å². The first-order chi connectivity index (χ1) is 7.83. The molecule has 0 radical (unpaired) electrons. The van der Waals surface area contributed by atoms with E-state index in [4.69, 9.17) is 34.0 Å². The minimum Gasteiger partial charge on any atom is -0.480 e. The first kappa shape index (κ1) is 12.5. The summed E-state index contributed by atoms with van der Waals surface area (Å²) in [5.41, 5.74) is 6.14. The second-order valence-electron chi connectivity index (χ2n) is 4.38. The summed E-state index contributed by atoms with van der Waals surface area (Å²) in [7, 11) is 1.77. The minimum absolute atomic E-state index is 0.206. The van der Waals surface area contributed by atoms with Crippen molar-refractivity contribution in [3.05, 3.63) is 27.7 Å². The predicted octanol–water partition coefficient (Wildman–Crippen LogP) is 1.77. The molecule has 2 rings (SSSR count). The van der Waals surface area contributed by atoms with Gasteiger partial charge in [0.1, 0.15) is 5.54 Å². The maximum Gasteiger partial charge on any atom is 0.325 e. The average Bonchev–Trinajstić information content (AvgIpc) is 2.20. The zero-order valence-electron chi connectivity index (χ0n) is 9.20. The number of benzene rings is 1. The van der Waals surface area contributed by atoms with Gasteiger partial charge in [0.25, 0.3) is 0 Å². The van der Waals surface area contributed by atoms with E-state index in [1.165, 1.54) is 0 Å². The number of carbonyl (C=O) groups is 1. The number of nitrogens with zero attached hydrogens (tertiary/aromatic N) is 1. The predicted molar refractivity (Wildman–Crippen MR) is 68.0 cm³/mol. The molecule has 0 bridgehead atoms. The summed E-state index contributed by atoms with van der Waals surface area (Å²) in [6, 6.07) is 3.37. The van der Waals surface area contributed by atoms with Crippen LogP contribution in [0.15, 0.2) is 12.1 Å². The Bertz CT molecular complexity index is 493. The van der Waals surface area contributed by atoms with Crippen LogP contribution in [0.5, 0.6) is 0 Å². The molecule has 0 saturated heterocycles. The largest absolute Gasteiger partial charge is 0.480 e. The Labute approximate surface area is 109 Å². The van der Waals surface area contributed by atoms with Gasteiger partial charge < -0.3 is 15.7 Å². The van der Waals surface area contributed by atoms with E-state index in [0.29, 0.717) is 10.0 Å². The Kier molecular flexibility index (Phi) is 2.97. The van der Waals surface area contributed by atoms with Gasteiger partial charge in [0.15, 0.2) is 0 Å². The molecule has 0 aliphatic carbocycles. The summed E-state index contributed by atoms with van der Waals surface area (Å²) in [6.07, 6.45) is 0.206. The lowest BCUT2D eigenvalue weighted by Gasteiger charge is -2.38. The summed E-state index contributed by atoms with van der Waals surface area (Å²) in [4.78, 5) is 13.0. The molecule has 0 spiro atoms. The molecule has 0 aromatic heterocycles. The lowest BCUT2D eigenvalue weighted by molar-refractivity contribution is -0.143. The lowest BCUT2D eigenvalue weighted by Crippen LogP contribution is -2.59. The van der Waals surface area contributed by atoms with Gasteiger partial charge in [-0.3, -0.25) is 4.79 Å². The number of anilines is 1. The monoisotopic (exact) mass is 274 g/mol. The summed E-state index contributed by atoms with van der Waals surface area (Å²) >= 11 is 12.0. The molecule has 92 valence electrons. The number of nitrogens with two attached hydrogens (primary N) is 1. The number of likely N-dealkylation sites (N-methyl/N-ethyl adjacent to an activating group) is 1. The minimum atomic E-state index is -1.31. The van der Waals surface area contributed by atoms with Crippen molar-refractivity contribution in [2.24, 2.45) is 5.73 Å². The van der Waals surface area contributed by atoms with Gasteiger partial charge in [-0.2, -0.15) is 0 Å². The lowest BCUT2D eigenvalue weighted by atomic mass is 9.86. The molecule has 1 heterocycles. The molecule has 17 heavy (non-hydrogen) atoms. The Morgan fingerprint density at radius 2 is 2.18 bits per heavy atom. The number of hydrogen-bond donors (Lipinski definition) is 2. The van der Waals surface area contributed by atoms with E-state index in [9.17, 15) is 4.79 Å². The van der Waals surface area contributed by atoms with Crippen LogP contribution in [0.25, 0.3) is 0 Å². The fourth-order valence-corrected chi connectivity index (χ4v) is 2.68. The fraction of sp³-hybridized carbons (Fsp3) is 0.364. The van der Waals surface area contributed by atoms with E-state index in [1.807, 2.05) is 0 Å². The Balaban J connectivity index is 2.54. The number of halogens is 2. The third-order valence-electron chi connectivity index (χ3n) is 2.99. The Morgan fingerprint density at radius 3 is 2.76 bits per heavy atom. The number of carboxylic acid groups (broad SMARTS) is 1. The average molecular weight is 275 g/mol. The van der Waals surface area contributed by atoms with E-state index >= 15 is 0 Å². The number of carboxylic acids is 1. The molecule has 0 amide bonds. The maximum atomic E-state index is 11.2. The van der Waals surface area contributed by atoms with Crippen LogP contribution >= 0.6 is 23.2 Å². The third kappa shape index (κ3) is 2.08. The molecule has 1 aliphatic rings. The highest BCUT2D eigenvalue weighted by molar-refractivity contribution is 6.35. The van der Waals surface area contributed by atoms with Crippen molar-refractivity contribution in [1.29, 1.82) is 0 Å². The van der Waals surface area contributed by atoms with E-state index in [0.717, 1.165) is 11.3 Å². The smallest absolute Gasteiger partial charge is 0.325 e. The third-order valence-corrected chi connectivity index (χ3v) is 3.54. The Hall–Kier alpha value is -0.970. The van der Waals surface area contributed by atoms with Gasteiger partial charge in [0.2, 0.25) is 0 Å². The van der Waals surface area contributed by atoms with Crippen LogP contribution in [0.1, 0.15) is 5.56 Å². The van der Waals surface area contributed by atoms with Crippen molar-refractivity contribution in [3.8, 4) is 0 Å². The van der Waals surface area contributed by atoms with Crippen molar-refractivity contribution in [2.45, 2.75) is 12.0 Å². The van der Waals surface area contributed by atoms with Crippen LogP contribution < -0.4 is 10.6 Å². The van der Waals surface area contributed by atoms with Gasteiger partial charge >= 0.3 is 5.97 Å². The van der Waals surface area contributed by atoms with Gasteiger partial charge in [-0.05, 0) is 17.7 Å². The Morgan fingerprint density at radius 1 is 1.53 bits per heavy atom. The molecule has 1 unspecified atom stereocenters. The van der Waals surface area contributed by atoms with Crippen LogP contribution in [-0.2, 0) is 11.2 Å². The standard InChI is InChI=1S/C11H12Cl2N2O2/c1-15-5-11(14,10(16)17)4-7-8(13)2-6(12)3-9(7)15/h2-3H,4-5,14H2,1H3,(H,16,17). The molecule has 6 heteroatoms. The molecule has 3 N–H and O–H groups in total. The van der Waals surface area contributed by atoms with E-state index in [-0.39, 0.29) is 13.0 Å².